The summed E-state index contributed by atoms with van der Waals surface area (Å²) in [5.74, 6) is -0.209. The van der Waals surface area contributed by atoms with E-state index in [9.17, 15) is 9.59 Å². The molecule has 2 amide bonds. The zero-order chi connectivity index (χ0) is 17.6. The second kappa shape index (κ2) is 8.55. The van der Waals surface area contributed by atoms with Gasteiger partial charge in [-0.3, -0.25) is 14.9 Å². The predicted molar refractivity (Wildman–Crippen MR) is 99.8 cm³/mol. The SMILES string of the molecule is CC(=O)NCc1ccc(-c2csc(NC(=O)COC3CCCC3)n2)s1. The van der Waals surface area contributed by atoms with Crippen molar-refractivity contribution in [3.05, 3.63) is 22.4 Å². The molecule has 3 rings (SSSR count). The summed E-state index contributed by atoms with van der Waals surface area (Å²) in [5, 5.41) is 8.07. The molecule has 0 bridgehead atoms. The van der Waals surface area contributed by atoms with Crippen molar-refractivity contribution in [2.75, 3.05) is 11.9 Å². The molecular formula is C17H21N3O3S2. The highest BCUT2D eigenvalue weighted by atomic mass is 32.1. The van der Waals surface area contributed by atoms with Crippen molar-refractivity contribution in [2.24, 2.45) is 0 Å². The summed E-state index contributed by atoms with van der Waals surface area (Å²) in [6.07, 6.45) is 4.70. The summed E-state index contributed by atoms with van der Waals surface area (Å²) < 4.78 is 5.61. The molecule has 1 fully saturated rings. The van der Waals surface area contributed by atoms with E-state index in [1.165, 1.54) is 31.1 Å². The molecule has 25 heavy (non-hydrogen) atoms. The quantitative estimate of drug-likeness (QED) is 0.773. The van der Waals surface area contributed by atoms with Crippen LogP contribution in [-0.2, 0) is 20.9 Å². The molecule has 0 spiro atoms. The molecule has 134 valence electrons. The van der Waals surface area contributed by atoms with Crippen LogP contribution in [0.15, 0.2) is 17.5 Å². The smallest absolute Gasteiger partial charge is 0.252 e. The largest absolute Gasteiger partial charge is 0.368 e. The highest BCUT2D eigenvalue weighted by Gasteiger charge is 2.17. The average molecular weight is 380 g/mol. The normalized spacial score (nSPS) is 14.6. The molecule has 1 aliphatic carbocycles. The molecule has 6 nitrogen and oxygen atoms in total. The maximum Gasteiger partial charge on any atom is 0.252 e. The lowest BCUT2D eigenvalue weighted by atomic mass is 10.3. The van der Waals surface area contributed by atoms with E-state index >= 15 is 0 Å². The van der Waals surface area contributed by atoms with Crippen molar-refractivity contribution in [3.8, 4) is 10.6 Å². The second-order valence-corrected chi connectivity index (χ2v) is 8.01. The molecule has 1 aliphatic rings. The van der Waals surface area contributed by atoms with Crippen LogP contribution in [-0.4, -0.2) is 29.5 Å². The molecule has 2 N–H and O–H groups in total. The van der Waals surface area contributed by atoms with Gasteiger partial charge in [-0.15, -0.1) is 22.7 Å². The summed E-state index contributed by atoms with van der Waals surface area (Å²) in [4.78, 5) is 29.5. The lowest BCUT2D eigenvalue weighted by molar-refractivity contribution is -0.122. The van der Waals surface area contributed by atoms with Gasteiger partial charge in [0.15, 0.2) is 5.13 Å². The van der Waals surface area contributed by atoms with Crippen molar-refractivity contribution < 1.29 is 14.3 Å². The third-order valence-corrected chi connectivity index (χ3v) is 5.79. The Balaban J connectivity index is 1.51. The van der Waals surface area contributed by atoms with E-state index in [0.29, 0.717) is 11.7 Å². The monoisotopic (exact) mass is 379 g/mol. The number of hydrogen-bond acceptors (Lipinski definition) is 6. The van der Waals surface area contributed by atoms with Crippen LogP contribution in [0.3, 0.4) is 0 Å². The molecule has 0 atom stereocenters. The fraction of sp³-hybridized carbons (Fsp3) is 0.471. The molecule has 0 aliphatic heterocycles. The standard InChI is InChI=1S/C17H21N3O3S2/c1-11(21)18-8-13-6-7-15(25-13)14-10-24-17(19-14)20-16(22)9-23-12-4-2-3-5-12/h6-7,10,12H,2-5,8-9H2,1H3,(H,18,21)(H,19,20,22). The molecular weight excluding hydrogens is 358 g/mol. The van der Waals surface area contributed by atoms with Gasteiger partial charge in [0, 0.05) is 17.2 Å². The highest BCUT2D eigenvalue weighted by Crippen LogP contribution is 2.30. The van der Waals surface area contributed by atoms with Gasteiger partial charge in [-0.2, -0.15) is 0 Å². The van der Waals surface area contributed by atoms with E-state index in [2.05, 4.69) is 15.6 Å². The number of hydrogen-bond donors (Lipinski definition) is 2. The highest BCUT2D eigenvalue weighted by molar-refractivity contribution is 7.17. The van der Waals surface area contributed by atoms with E-state index in [4.69, 9.17) is 4.74 Å². The van der Waals surface area contributed by atoms with Gasteiger partial charge in [-0.25, -0.2) is 4.98 Å². The Kier molecular flexibility index (Phi) is 6.17. The average Bonchev–Trinajstić information content (AvgIpc) is 3.32. The van der Waals surface area contributed by atoms with Crippen LogP contribution < -0.4 is 10.6 Å². The Morgan fingerprint density at radius 1 is 1.32 bits per heavy atom. The molecule has 0 saturated heterocycles. The van der Waals surface area contributed by atoms with Crippen LogP contribution in [0.25, 0.3) is 10.6 Å². The Labute approximate surface area is 154 Å². The summed E-state index contributed by atoms with van der Waals surface area (Å²) >= 11 is 2.98. The minimum Gasteiger partial charge on any atom is -0.368 e. The Hall–Kier alpha value is -1.77. The number of nitrogens with zero attached hydrogens (tertiary/aromatic N) is 1. The Bertz CT molecular complexity index is 735. The van der Waals surface area contributed by atoms with E-state index in [1.54, 1.807) is 11.3 Å². The first-order valence-corrected chi connectivity index (χ1v) is 10.0. The summed E-state index contributed by atoms with van der Waals surface area (Å²) in [7, 11) is 0. The number of nitrogens with one attached hydrogen (secondary N) is 2. The first-order valence-electron chi connectivity index (χ1n) is 8.30. The number of thiazole rings is 1. The summed E-state index contributed by atoms with van der Waals surface area (Å²) in [5.41, 5.74) is 0.830. The number of thiophene rings is 1. The molecule has 2 heterocycles. The second-order valence-electron chi connectivity index (χ2n) is 5.98. The lowest BCUT2D eigenvalue weighted by Crippen LogP contribution is -2.21. The molecule has 0 unspecified atom stereocenters. The van der Waals surface area contributed by atoms with Crippen LogP contribution in [0, 0.1) is 0 Å². The van der Waals surface area contributed by atoms with Crippen LogP contribution >= 0.6 is 22.7 Å². The minimum absolute atomic E-state index is 0.0478. The van der Waals surface area contributed by atoms with Crippen LogP contribution in [0.4, 0.5) is 5.13 Å². The number of ether oxygens (including phenoxy) is 1. The van der Waals surface area contributed by atoms with Crippen LogP contribution in [0.5, 0.6) is 0 Å². The van der Waals surface area contributed by atoms with Gasteiger partial charge < -0.3 is 10.1 Å². The Morgan fingerprint density at radius 3 is 2.88 bits per heavy atom. The molecule has 1 saturated carbocycles. The first kappa shape index (κ1) is 18.0. The molecule has 2 aromatic heterocycles. The van der Waals surface area contributed by atoms with Gasteiger partial charge in [-0.1, -0.05) is 12.8 Å². The maximum absolute atomic E-state index is 12.0. The molecule has 0 aromatic carbocycles. The van der Waals surface area contributed by atoms with Gasteiger partial charge >= 0.3 is 0 Å². The van der Waals surface area contributed by atoms with Crippen molar-refractivity contribution >= 4 is 39.6 Å². The van der Waals surface area contributed by atoms with Crippen LogP contribution in [0.2, 0.25) is 0 Å². The van der Waals surface area contributed by atoms with E-state index in [0.717, 1.165) is 28.3 Å². The number of amides is 2. The number of aromatic nitrogens is 1. The van der Waals surface area contributed by atoms with Crippen molar-refractivity contribution in [1.82, 2.24) is 10.3 Å². The third kappa shape index (κ3) is 5.35. The fourth-order valence-corrected chi connectivity index (χ4v) is 4.38. The fourth-order valence-electron chi connectivity index (χ4n) is 2.67. The maximum atomic E-state index is 12.0. The number of carbonyl (C=O) groups is 2. The first-order chi connectivity index (χ1) is 12.1. The van der Waals surface area contributed by atoms with Crippen molar-refractivity contribution in [1.29, 1.82) is 0 Å². The third-order valence-electron chi connectivity index (χ3n) is 3.93. The predicted octanol–water partition coefficient (Wildman–Crippen LogP) is 3.41. The van der Waals surface area contributed by atoms with Gasteiger partial charge in [0.25, 0.3) is 5.91 Å². The minimum atomic E-state index is -0.162. The summed E-state index contributed by atoms with van der Waals surface area (Å²) in [6, 6.07) is 3.95. The number of carbonyl (C=O) groups excluding carboxylic acids is 2. The van der Waals surface area contributed by atoms with Crippen molar-refractivity contribution in [3.63, 3.8) is 0 Å². The van der Waals surface area contributed by atoms with Gasteiger partial charge in [0.1, 0.15) is 6.61 Å². The zero-order valence-electron chi connectivity index (χ0n) is 14.0. The summed E-state index contributed by atoms with van der Waals surface area (Å²) in [6.45, 7) is 2.10. The van der Waals surface area contributed by atoms with Gasteiger partial charge in [-0.05, 0) is 25.0 Å². The Morgan fingerprint density at radius 2 is 2.12 bits per heavy atom. The van der Waals surface area contributed by atoms with E-state index < -0.39 is 0 Å². The lowest BCUT2D eigenvalue weighted by Gasteiger charge is -2.09. The number of anilines is 1. The van der Waals surface area contributed by atoms with E-state index in [-0.39, 0.29) is 24.5 Å². The molecule has 8 heteroatoms. The van der Waals surface area contributed by atoms with E-state index in [1.807, 2.05) is 17.5 Å². The number of rotatable bonds is 7. The van der Waals surface area contributed by atoms with Gasteiger partial charge in [0.05, 0.1) is 23.2 Å². The van der Waals surface area contributed by atoms with Crippen molar-refractivity contribution in [2.45, 2.75) is 45.3 Å². The molecule has 0 radical (unpaired) electrons. The molecule has 2 aromatic rings. The topological polar surface area (TPSA) is 80.3 Å². The zero-order valence-corrected chi connectivity index (χ0v) is 15.7. The van der Waals surface area contributed by atoms with Gasteiger partial charge in [0.2, 0.25) is 5.91 Å². The van der Waals surface area contributed by atoms with Crippen LogP contribution in [0.1, 0.15) is 37.5 Å².